The number of thiophene rings is 1. The van der Waals surface area contributed by atoms with E-state index in [0.717, 1.165) is 3.79 Å². The number of amides is 1. The van der Waals surface area contributed by atoms with Gasteiger partial charge in [-0.1, -0.05) is 0 Å². The number of nitrogens with zero attached hydrogens (tertiary/aromatic N) is 1. The zero-order valence-electron chi connectivity index (χ0n) is 10.9. The van der Waals surface area contributed by atoms with Crippen LogP contribution in [-0.4, -0.2) is 37.3 Å². The first kappa shape index (κ1) is 15.0. The summed E-state index contributed by atoms with van der Waals surface area (Å²) in [4.78, 5) is 12.9. The zero-order chi connectivity index (χ0) is 14.4. The first-order chi connectivity index (χ1) is 8.67. The fourth-order valence-corrected chi connectivity index (χ4v) is 6.24. The van der Waals surface area contributed by atoms with Gasteiger partial charge in [-0.05, 0) is 42.8 Å². The van der Waals surface area contributed by atoms with Gasteiger partial charge in [-0.3, -0.25) is 4.79 Å². The van der Waals surface area contributed by atoms with Crippen molar-refractivity contribution < 1.29 is 13.2 Å². The molecule has 1 aliphatic heterocycles. The smallest absolute Gasteiger partial charge is 0.245 e. The number of hydrogen-bond donors (Lipinski definition) is 1. The maximum absolute atomic E-state index is 12.7. The van der Waals surface area contributed by atoms with Crippen molar-refractivity contribution in [1.29, 1.82) is 0 Å². The summed E-state index contributed by atoms with van der Waals surface area (Å²) in [5.74, 6) is -0.269. The third-order valence-electron chi connectivity index (χ3n) is 3.19. The monoisotopic (exact) mass is 366 g/mol. The second-order valence-electron chi connectivity index (χ2n) is 4.86. The molecule has 1 saturated heterocycles. The van der Waals surface area contributed by atoms with Gasteiger partial charge in [-0.25, -0.2) is 8.42 Å². The van der Waals surface area contributed by atoms with Crippen molar-refractivity contribution >= 4 is 43.2 Å². The minimum absolute atomic E-state index is 0.269. The highest BCUT2D eigenvalue weighted by atomic mass is 79.9. The SMILES string of the molecule is Cc1sc(Br)cc1S(=O)(=O)N1CCNC(=O)C1(C)C. The van der Waals surface area contributed by atoms with Crippen molar-refractivity contribution in [3.8, 4) is 0 Å². The van der Waals surface area contributed by atoms with Crippen molar-refractivity contribution in [2.75, 3.05) is 13.1 Å². The molecule has 5 nitrogen and oxygen atoms in total. The van der Waals surface area contributed by atoms with E-state index in [9.17, 15) is 13.2 Å². The molecule has 0 radical (unpaired) electrons. The van der Waals surface area contributed by atoms with Crippen molar-refractivity contribution in [2.24, 2.45) is 0 Å². The van der Waals surface area contributed by atoms with E-state index in [1.807, 2.05) is 0 Å². The Hall–Kier alpha value is -0.440. The van der Waals surface area contributed by atoms with E-state index in [1.54, 1.807) is 26.8 Å². The molecule has 1 N–H and O–H groups in total. The molecule has 1 aromatic rings. The summed E-state index contributed by atoms with van der Waals surface area (Å²) >= 11 is 4.67. The molecule has 2 heterocycles. The van der Waals surface area contributed by atoms with Gasteiger partial charge in [0.2, 0.25) is 15.9 Å². The van der Waals surface area contributed by atoms with Crippen LogP contribution in [0, 0.1) is 6.92 Å². The van der Waals surface area contributed by atoms with E-state index in [2.05, 4.69) is 21.2 Å². The predicted octanol–water partition coefficient (Wildman–Crippen LogP) is 1.72. The molecule has 0 saturated carbocycles. The Morgan fingerprint density at radius 2 is 2.11 bits per heavy atom. The lowest BCUT2D eigenvalue weighted by atomic mass is 10.0. The van der Waals surface area contributed by atoms with Gasteiger partial charge in [0.1, 0.15) is 5.54 Å². The Balaban J connectivity index is 2.50. The number of rotatable bonds is 2. The van der Waals surface area contributed by atoms with Crippen LogP contribution in [-0.2, 0) is 14.8 Å². The van der Waals surface area contributed by atoms with Gasteiger partial charge in [0.05, 0.1) is 8.68 Å². The van der Waals surface area contributed by atoms with Crippen molar-refractivity contribution in [1.82, 2.24) is 9.62 Å². The van der Waals surface area contributed by atoms with Crippen LogP contribution in [0.2, 0.25) is 0 Å². The highest BCUT2D eigenvalue weighted by Gasteiger charge is 2.45. The van der Waals surface area contributed by atoms with Gasteiger partial charge in [0.25, 0.3) is 0 Å². The Kier molecular flexibility index (Phi) is 3.81. The summed E-state index contributed by atoms with van der Waals surface area (Å²) in [7, 11) is -3.66. The largest absolute Gasteiger partial charge is 0.353 e. The molecule has 0 aliphatic carbocycles. The molecule has 1 aliphatic rings. The Morgan fingerprint density at radius 3 is 2.63 bits per heavy atom. The second-order valence-corrected chi connectivity index (χ2v) is 9.33. The number of piperazine rings is 1. The fraction of sp³-hybridized carbons (Fsp3) is 0.545. The molecular formula is C11H15BrN2O3S2. The molecule has 0 atom stereocenters. The Labute approximate surface area is 125 Å². The minimum atomic E-state index is -3.66. The maximum atomic E-state index is 12.7. The van der Waals surface area contributed by atoms with Gasteiger partial charge < -0.3 is 5.32 Å². The van der Waals surface area contributed by atoms with Crippen molar-refractivity contribution in [2.45, 2.75) is 31.2 Å². The summed E-state index contributed by atoms with van der Waals surface area (Å²) in [6, 6.07) is 1.60. The molecule has 1 amide bonds. The van der Waals surface area contributed by atoms with E-state index in [-0.39, 0.29) is 17.3 Å². The number of carbonyl (C=O) groups is 1. The number of aryl methyl sites for hydroxylation is 1. The average Bonchev–Trinajstić information content (AvgIpc) is 2.62. The molecule has 19 heavy (non-hydrogen) atoms. The standard InChI is InChI=1S/C11H15BrN2O3S2/c1-7-8(6-9(12)18-7)19(16,17)14-5-4-13-10(15)11(14,2)3/h6H,4-5H2,1-3H3,(H,13,15). The maximum Gasteiger partial charge on any atom is 0.245 e. The van der Waals surface area contributed by atoms with Crippen LogP contribution in [0.1, 0.15) is 18.7 Å². The first-order valence-corrected chi connectivity index (χ1v) is 8.79. The summed E-state index contributed by atoms with van der Waals surface area (Å²) in [6.07, 6.45) is 0. The Bertz CT molecular complexity index is 622. The van der Waals surface area contributed by atoms with Crippen LogP contribution in [0.4, 0.5) is 0 Å². The molecule has 1 fully saturated rings. The lowest BCUT2D eigenvalue weighted by Gasteiger charge is -2.39. The topological polar surface area (TPSA) is 66.5 Å². The first-order valence-electron chi connectivity index (χ1n) is 5.74. The van der Waals surface area contributed by atoms with Gasteiger partial charge in [-0.2, -0.15) is 4.31 Å². The molecular weight excluding hydrogens is 352 g/mol. The Morgan fingerprint density at radius 1 is 1.47 bits per heavy atom. The number of hydrogen-bond acceptors (Lipinski definition) is 4. The number of halogens is 1. The molecule has 8 heteroatoms. The normalized spacial score (nSPS) is 20.3. The molecule has 106 valence electrons. The molecule has 0 unspecified atom stereocenters. The number of carbonyl (C=O) groups excluding carboxylic acids is 1. The van der Waals surface area contributed by atoms with Crippen molar-refractivity contribution in [3.05, 3.63) is 14.7 Å². The van der Waals surface area contributed by atoms with Crippen molar-refractivity contribution in [3.63, 3.8) is 0 Å². The molecule has 0 aromatic carbocycles. The molecule has 0 spiro atoms. The third kappa shape index (κ3) is 2.46. The fourth-order valence-electron chi connectivity index (χ4n) is 2.11. The summed E-state index contributed by atoms with van der Waals surface area (Å²) in [6.45, 7) is 5.63. The van der Waals surface area contributed by atoms with E-state index in [1.165, 1.54) is 15.6 Å². The van der Waals surface area contributed by atoms with Crippen LogP contribution in [0.15, 0.2) is 14.7 Å². The predicted molar refractivity (Wildman–Crippen MR) is 77.7 cm³/mol. The quantitative estimate of drug-likeness (QED) is 0.866. The zero-order valence-corrected chi connectivity index (χ0v) is 14.1. The molecule has 2 rings (SSSR count). The summed E-state index contributed by atoms with van der Waals surface area (Å²) < 4.78 is 27.5. The third-order valence-corrected chi connectivity index (χ3v) is 7.07. The van der Waals surface area contributed by atoms with Gasteiger partial charge in [-0.15, -0.1) is 11.3 Å². The average molecular weight is 367 g/mol. The highest BCUT2D eigenvalue weighted by molar-refractivity contribution is 9.11. The lowest BCUT2D eigenvalue weighted by molar-refractivity contribution is -0.131. The lowest BCUT2D eigenvalue weighted by Crippen LogP contribution is -2.63. The van der Waals surface area contributed by atoms with E-state index in [4.69, 9.17) is 0 Å². The molecule has 0 bridgehead atoms. The number of sulfonamides is 1. The van der Waals surface area contributed by atoms with Crippen LogP contribution < -0.4 is 5.32 Å². The second kappa shape index (κ2) is 4.83. The summed E-state index contributed by atoms with van der Waals surface area (Å²) in [5.41, 5.74) is -1.07. The van der Waals surface area contributed by atoms with Gasteiger partial charge in [0.15, 0.2) is 0 Å². The van der Waals surface area contributed by atoms with Crippen LogP contribution >= 0.6 is 27.3 Å². The van der Waals surface area contributed by atoms with E-state index < -0.39 is 15.6 Å². The molecule has 1 aromatic heterocycles. The summed E-state index contributed by atoms with van der Waals surface area (Å²) in [5, 5.41) is 2.69. The van der Waals surface area contributed by atoms with Gasteiger partial charge >= 0.3 is 0 Å². The minimum Gasteiger partial charge on any atom is -0.353 e. The van der Waals surface area contributed by atoms with Crippen LogP contribution in [0.25, 0.3) is 0 Å². The number of nitrogens with one attached hydrogen (secondary N) is 1. The van der Waals surface area contributed by atoms with E-state index >= 15 is 0 Å². The van der Waals surface area contributed by atoms with Gasteiger partial charge in [0, 0.05) is 18.0 Å². The van der Waals surface area contributed by atoms with Crippen LogP contribution in [0.3, 0.4) is 0 Å². The van der Waals surface area contributed by atoms with E-state index in [0.29, 0.717) is 11.4 Å². The highest BCUT2D eigenvalue weighted by Crippen LogP contribution is 2.34. The van der Waals surface area contributed by atoms with Crippen LogP contribution in [0.5, 0.6) is 0 Å².